The van der Waals surface area contributed by atoms with Crippen LogP contribution < -0.4 is 4.90 Å². The van der Waals surface area contributed by atoms with Crippen molar-refractivity contribution < 1.29 is 9.90 Å². The Morgan fingerprint density at radius 1 is 1.31 bits per heavy atom. The molecule has 1 aromatic carbocycles. The van der Waals surface area contributed by atoms with Gasteiger partial charge in [0.25, 0.3) is 0 Å². The van der Waals surface area contributed by atoms with Crippen LogP contribution in [0.2, 0.25) is 0 Å². The third-order valence-electron chi connectivity index (χ3n) is 3.87. The molecule has 2 heterocycles. The van der Waals surface area contributed by atoms with E-state index in [0.717, 1.165) is 25.8 Å². The van der Waals surface area contributed by atoms with Crippen LogP contribution in [0.4, 0.5) is 5.69 Å². The van der Waals surface area contributed by atoms with Crippen molar-refractivity contribution >= 4 is 11.7 Å². The molecule has 0 bridgehead atoms. The highest BCUT2D eigenvalue weighted by molar-refractivity contribution is 5.74. The van der Waals surface area contributed by atoms with E-state index >= 15 is 0 Å². The predicted octanol–water partition coefficient (Wildman–Crippen LogP) is 1.91. The summed E-state index contributed by atoms with van der Waals surface area (Å²) < 4.78 is 0. The lowest BCUT2D eigenvalue weighted by atomic mass is 9.90. The molecular formula is C13H15NO2. The molecule has 1 aromatic rings. The third-order valence-corrected chi connectivity index (χ3v) is 3.87. The molecular weight excluding hydrogens is 202 g/mol. The van der Waals surface area contributed by atoms with E-state index < -0.39 is 5.97 Å². The Bertz CT molecular complexity index is 430. The van der Waals surface area contributed by atoms with Crippen molar-refractivity contribution in [2.45, 2.75) is 25.3 Å². The summed E-state index contributed by atoms with van der Waals surface area (Å²) >= 11 is 0. The number of para-hydroxylation sites is 1. The van der Waals surface area contributed by atoms with E-state index in [-0.39, 0.29) is 12.0 Å². The Kier molecular flexibility index (Phi) is 2.13. The van der Waals surface area contributed by atoms with Crippen LogP contribution >= 0.6 is 0 Å². The molecule has 1 N–H and O–H groups in total. The zero-order valence-electron chi connectivity index (χ0n) is 9.10. The van der Waals surface area contributed by atoms with Gasteiger partial charge in [-0.2, -0.15) is 0 Å². The molecule has 0 amide bonds. The van der Waals surface area contributed by atoms with Gasteiger partial charge < -0.3 is 10.0 Å². The summed E-state index contributed by atoms with van der Waals surface area (Å²) in [6.45, 7) is 0.888. The average Bonchev–Trinajstić information content (AvgIpc) is 2.73. The number of hydrogen-bond acceptors (Lipinski definition) is 2. The van der Waals surface area contributed by atoms with Crippen LogP contribution in [-0.4, -0.2) is 23.7 Å². The molecule has 1 saturated heterocycles. The number of aryl methyl sites for hydroxylation is 1. The van der Waals surface area contributed by atoms with E-state index in [1.165, 1.54) is 11.3 Å². The first kappa shape index (κ1) is 9.70. The van der Waals surface area contributed by atoms with Gasteiger partial charge in [0, 0.05) is 18.3 Å². The molecule has 2 unspecified atom stereocenters. The minimum Gasteiger partial charge on any atom is -0.481 e. The second kappa shape index (κ2) is 3.51. The van der Waals surface area contributed by atoms with Gasteiger partial charge in [-0.15, -0.1) is 0 Å². The summed E-state index contributed by atoms with van der Waals surface area (Å²) in [5.41, 5.74) is 2.62. The topological polar surface area (TPSA) is 40.5 Å². The Hall–Kier alpha value is -1.51. The second-order valence-electron chi connectivity index (χ2n) is 4.66. The first-order valence-electron chi connectivity index (χ1n) is 5.85. The monoisotopic (exact) mass is 217 g/mol. The largest absolute Gasteiger partial charge is 0.481 e. The van der Waals surface area contributed by atoms with Crippen molar-refractivity contribution in [1.82, 2.24) is 0 Å². The standard InChI is InChI=1S/C13H15NO2/c15-13(16)10-7-8-14-11-4-2-1-3-9(11)5-6-12(10)14/h1-4,10,12H,5-8H2,(H,15,16). The van der Waals surface area contributed by atoms with Crippen LogP contribution in [0.25, 0.3) is 0 Å². The molecule has 3 rings (SSSR count). The normalized spacial score (nSPS) is 27.4. The van der Waals surface area contributed by atoms with E-state index in [1.807, 2.05) is 6.07 Å². The summed E-state index contributed by atoms with van der Waals surface area (Å²) in [6, 6.07) is 8.58. The molecule has 2 aliphatic heterocycles. The minimum absolute atomic E-state index is 0.173. The van der Waals surface area contributed by atoms with Crippen LogP contribution in [0.1, 0.15) is 18.4 Å². The second-order valence-corrected chi connectivity index (χ2v) is 4.66. The Labute approximate surface area is 94.7 Å². The van der Waals surface area contributed by atoms with Gasteiger partial charge in [-0.3, -0.25) is 4.79 Å². The SMILES string of the molecule is O=C(O)C1CCN2c3ccccc3CCC12. The van der Waals surface area contributed by atoms with Gasteiger partial charge in [-0.25, -0.2) is 0 Å². The lowest BCUT2D eigenvalue weighted by molar-refractivity contribution is -0.141. The maximum atomic E-state index is 11.1. The molecule has 3 nitrogen and oxygen atoms in total. The lowest BCUT2D eigenvalue weighted by Gasteiger charge is -2.34. The highest BCUT2D eigenvalue weighted by Gasteiger charge is 2.40. The predicted molar refractivity (Wildman–Crippen MR) is 61.6 cm³/mol. The van der Waals surface area contributed by atoms with Gasteiger partial charge in [0.05, 0.1) is 5.92 Å². The van der Waals surface area contributed by atoms with Crippen molar-refractivity contribution in [3.05, 3.63) is 29.8 Å². The van der Waals surface area contributed by atoms with E-state index in [9.17, 15) is 9.90 Å². The van der Waals surface area contributed by atoms with Crippen molar-refractivity contribution in [2.24, 2.45) is 5.92 Å². The number of benzene rings is 1. The van der Waals surface area contributed by atoms with Crippen molar-refractivity contribution in [1.29, 1.82) is 0 Å². The molecule has 2 aliphatic rings. The summed E-state index contributed by atoms with van der Waals surface area (Å²) in [6.07, 6.45) is 2.78. The molecule has 0 aliphatic carbocycles. The minimum atomic E-state index is -0.633. The van der Waals surface area contributed by atoms with Crippen molar-refractivity contribution in [3.63, 3.8) is 0 Å². The van der Waals surface area contributed by atoms with Gasteiger partial charge in [-0.05, 0) is 30.9 Å². The molecule has 16 heavy (non-hydrogen) atoms. The molecule has 0 saturated carbocycles. The first-order valence-corrected chi connectivity index (χ1v) is 5.85. The quantitative estimate of drug-likeness (QED) is 0.781. The molecule has 0 spiro atoms. The number of nitrogens with zero attached hydrogens (tertiary/aromatic N) is 1. The number of carbonyl (C=O) groups is 1. The Morgan fingerprint density at radius 2 is 2.12 bits per heavy atom. The van der Waals surface area contributed by atoms with Gasteiger partial charge in [0.2, 0.25) is 0 Å². The van der Waals surface area contributed by atoms with Crippen molar-refractivity contribution in [2.75, 3.05) is 11.4 Å². The fraction of sp³-hybridized carbons (Fsp3) is 0.462. The fourth-order valence-electron chi connectivity index (χ4n) is 3.10. The maximum Gasteiger partial charge on any atom is 0.308 e. The first-order chi connectivity index (χ1) is 7.77. The number of aliphatic carboxylic acids is 1. The van der Waals surface area contributed by atoms with E-state index in [4.69, 9.17) is 0 Å². The average molecular weight is 217 g/mol. The molecule has 0 aromatic heterocycles. The summed E-state index contributed by atoms with van der Waals surface area (Å²) in [5, 5.41) is 9.17. The number of anilines is 1. The highest BCUT2D eigenvalue weighted by atomic mass is 16.4. The molecule has 0 radical (unpaired) electrons. The maximum absolute atomic E-state index is 11.1. The summed E-state index contributed by atoms with van der Waals surface area (Å²) in [5.74, 6) is -0.805. The third kappa shape index (κ3) is 1.31. The smallest absolute Gasteiger partial charge is 0.308 e. The van der Waals surface area contributed by atoms with Gasteiger partial charge in [0.1, 0.15) is 0 Å². The van der Waals surface area contributed by atoms with Crippen LogP contribution in [0, 0.1) is 5.92 Å². The van der Waals surface area contributed by atoms with Crippen LogP contribution in [-0.2, 0) is 11.2 Å². The van der Waals surface area contributed by atoms with Gasteiger partial charge in [-0.1, -0.05) is 18.2 Å². The fourth-order valence-corrected chi connectivity index (χ4v) is 3.10. The van der Waals surface area contributed by atoms with E-state index in [2.05, 4.69) is 23.1 Å². The highest BCUT2D eigenvalue weighted by Crippen LogP contribution is 2.38. The van der Waals surface area contributed by atoms with Gasteiger partial charge >= 0.3 is 5.97 Å². The zero-order valence-corrected chi connectivity index (χ0v) is 9.10. The van der Waals surface area contributed by atoms with Crippen LogP contribution in [0.15, 0.2) is 24.3 Å². The van der Waals surface area contributed by atoms with Crippen LogP contribution in [0.3, 0.4) is 0 Å². The van der Waals surface area contributed by atoms with Gasteiger partial charge in [0.15, 0.2) is 0 Å². The van der Waals surface area contributed by atoms with Crippen LogP contribution in [0.5, 0.6) is 0 Å². The number of rotatable bonds is 1. The van der Waals surface area contributed by atoms with Crippen molar-refractivity contribution in [3.8, 4) is 0 Å². The molecule has 3 heteroatoms. The number of fused-ring (bicyclic) bond motifs is 3. The number of carboxylic acid groups (broad SMARTS) is 1. The number of hydrogen-bond donors (Lipinski definition) is 1. The van der Waals surface area contributed by atoms with E-state index in [1.54, 1.807) is 0 Å². The number of carboxylic acids is 1. The molecule has 2 atom stereocenters. The Balaban J connectivity index is 1.96. The van der Waals surface area contributed by atoms with E-state index in [0.29, 0.717) is 0 Å². The zero-order chi connectivity index (χ0) is 11.1. The lowest BCUT2D eigenvalue weighted by Crippen LogP contribution is -2.39. The summed E-state index contributed by atoms with van der Waals surface area (Å²) in [7, 11) is 0. The molecule has 84 valence electrons. The Morgan fingerprint density at radius 3 is 2.94 bits per heavy atom. The summed E-state index contributed by atoms with van der Waals surface area (Å²) in [4.78, 5) is 13.4. The molecule has 1 fully saturated rings.